The maximum atomic E-state index is 13.0. The average Bonchev–Trinajstić information content (AvgIpc) is 3.09. The van der Waals surface area contributed by atoms with Gasteiger partial charge < -0.3 is 14.2 Å². The molecule has 1 atom stereocenters. The van der Waals surface area contributed by atoms with Crippen LogP contribution in [0.4, 0.5) is 0 Å². The van der Waals surface area contributed by atoms with E-state index >= 15 is 0 Å². The van der Waals surface area contributed by atoms with Gasteiger partial charge in [0.05, 0.1) is 17.6 Å². The van der Waals surface area contributed by atoms with E-state index < -0.39 is 0 Å². The standard InChI is InChI=1S/C23H27N3O2S/c1-18-9-7-8-14-25(18)22(27)17-26-21-13-6-5-12-20(21)24-23(26)29-16-15-28-19-10-3-2-4-11-19/h2-6,10-13,18H,7-9,14-17H2,1H3. The Balaban J connectivity index is 1.46. The molecule has 1 aliphatic rings. The Hall–Kier alpha value is -2.47. The molecule has 0 bridgehead atoms. The van der Waals surface area contributed by atoms with Crippen LogP contribution in [0.2, 0.25) is 0 Å². The molecular formula is C23H27N3O2S. The number of amides is 1. The number of carbonyl (C=O) groups excluding carboxylic acids is 1. The van der Waals surface area contributed by atoms with E-state index in [0.717, 1.165) is 47.1 Å². The number of aromatic nitrogens is 2. The summed E-state index contributed by atoms with van der Waals surface area (Å²) in [5.74, 6) is 1.82. The third-order valence-corrected chi connectivity index (χ3v) is 6.30. The van der Waals surface area contributed by atoms with Crippen molar-refractivity contribution in [2.75, 3.05) is 18.9 Å². The van der Waals surface area contributed by atoms with E-state index in [0.29, 0.717) is 19.2 Å². The van der Waals surface area contributed by atoms with Crippen LogP contribution in [0.15, 0.2) is 59.8 Å². The summed E-state index contributed by atoms with van der Waals surface area (Å²) in [6, 6.07) is 18.2. The molecule has 1 unspecified atom stereocenters. The molecule has 2 aromatic carbocycles. The molecule has 0 N–H and O–H groups in total. The number of rotatable bonds is 7. The van der Waals surface area contributed by atoms with Crippen molar-refractivity contribution in [3.63, 3.8) is 0 Å². The molecule has 1 saturated heterocycles. The van der Waals surface area contributed by atoms with E-state index in [-0.39, 0.29) is 5.91 Å². The van der Waals surface area contributed by atoms with E-state index in [9.17, 15) is 4.79 Å². The Morgan fingerprint density at radius 1 is 1.14 bits per heavy atom. The lowest BCUT2D eigenvalue weighted by molar-refractivity contribution is -0.135. The number of thioether (sulfide) groups is 1. The highest BCUT2D eigenvalue weighted by atomic mass is 32.2. The number of likely N-dealkylation sites (tertiary alicyclic amines) is 1. The van der Waals surface area contributed by atoms with Crippen LogP contribution in [0.25, 0.3) is 11.0 Å². The number of carbonyl (C=O) groups is 1. The van der Waals surface area contributed by atoms with Crippen molar-refractivity contribution in [1.29, 1.82) is 0 Å². The van der Waals surface area contributed by atoms with Crippen molar-refractivity contribution in [3.05, 3.63) is 54.6 Å². The number of ether oxygens (including phenoxy) is 1. The average molecular weight is 410 g/mol. The third-order valence-electron chi connectivity index (χ3n) is 5.36. The van der Waals surface area contributed by atoms with Crippen LogP contribution in [0.3, 0.4) is 0 Å². The van der Waals surface area contributed by atoms with Gasteiger partial charge in [0, 0.05) is 18.3 Å². The summed E-state index contributed by atoms with van der Waals surface area (Å²) in [4.78, 5) is 19.8. The highest BCUT2D eigenvalue weighted by molar-refractivity contribution is 7.99. The first kappa shape index (κ1) is 19.8. The van der Waals surface area contributed by atoms with Gasteiger partial charge in [0.1, 0.15) is 12.3 Å². The van der Waals surface area contributed by atoms with Gasteiger partial charge in [-0.1, -0.05) is 42.1 Å². The number of fused-ring (bicyclic) bond motifs is 1. The molecule has 0 saturated carbocycles. The number of hydrogen-bond acceptors (Lipinski definition) is 4. The highest BCUT2D eigenvalue weighted by Gasteiger charge is 2.24. The monoisotopic (exact) mass is 409 g/mol. The van der Waals surface area contributed by atoms with Crippen molar-refractivity contribution in [2.45, 2.75) is 43.9 Å². The molecule has 1 amide bonds. The minimum Gasteiger partial charge on any atom is -0.493 e. The van der Waals surface area contributed by atoms with Crippen molar-refractivity contribution in [2.24, 2.45) is 0 Å². The Morgan fingerprint density at radius 2 is 1.93 bits per heavy atom. The number of hydrogen-bond donors (Lipinski definition) is 0. The van der Waals surface area contributed by atoms with Crippen molar-refractivity contribution >= 4 is 28.7 Å². The van der Waals surface area contributed by atoms with Gasteiger partial charge in [0.15, 0.2) is 5.16 Å². The minimum absolute atomic E-state index is 0.183. The predicted molar refractivity (Wildman–Crippen MR) is 117 cm³/mol. The van der Waals surface area contributed by atoms with Crippen LogP contribution >= 0.6 is 11.8 Å². The summed E-state index contributed by atoms with van der Waals surface area (Å²) in [6.07, 6.45) is 3.40. The van der Waals surface area contributed by atoms with Gasteiger partial charge in [-0.15, -0.1) is 0 Å². The van der Waals surface area contributed by atoms with E-state index in [1.54, 1.807) is 11.8 Å². The van der Waals surface area contributed by atoms with E-state index in [1.807, 2.05) is 59.5 Å². The number of para-hydroxylation sites is 3. The summed E-state index contributed by atoms with van der Waals surface area (Å²) in [5.41, 5.74) is 1.94. The van der Waals surface area contributed by atoms with Gasteiger partial charge in [-0.3, -0.25) is 4.79 Å². The summed E-state index contributed by atoms with van der Waals surface area (Å²) in [5, 5.41) is 0.876. The topological polar surface area (TPSA) is 47.4 Å². The lowest BCUT2D eigenvalue weighted by Crippen LogP contribution is -2.43. The fourth-order valence-electron chi connectivity index (χ4n) is 3.82. The quantitative estimate of drug-likeness (QED) is 0.422. The lowest BCUT2D eigenvalue weighted by atomic mass is 10.0. The van der Waals surface area contributed by atoms with Gasteiger partial charge in [-0.2, -0.15) is 0 Å². The molecule has 3 aromatic rings. The zero-order valence-corrected chi connectivity index (χ0v) is 17.6. The van der Waals surface area contributed by atoms with Crippen molar-refractivity contribution in [1.82, 2.24) is 14.5 Å². The molecule has 1 aromatic heterocycles. The Kier molecular flexibility index (Phi) is 6.39. The molecular weight excluding hydrogens is 382 g/mol. The maximum Gasteiger partial charge on any atom is 0.242 e. The van der Waals surface area contributed by atoms with E-state index in [1.165, 1.54) is 6.42 Å². The molecule has 1 aliphatic heterocycles. The number of benzene rings is 2. The molecule has 2 heterocycles. The van der Waals surface area contributed by atoms with Gasteiger partial charge in [-0.25, -0.2) is 4.98 Å². The third kappa shape index (κ3) is 4.75. The van der Waals surface area contributed by atoms with Gasteiger partial charge in [0.2, 0.25) is 5.91 Å². The fourth-order valence-corrected chi connectivity index (χ4v) is 4.65. The second-order valence-electron chi connectivity index (χ2n) is 7.41. The van der Waals surface area contributed by atoms with Gasteiger partial charge in [-0.05, 0) is 50.5 Å². The zero-order chi connectivity index (χ0) is 20.1. The molecule has 4 rings (SSSR count). The largest absolute Gasteiger partial charge is 0.493 e. The lowest BCUT2D eigenvalue weighted by Gasteiger charge is -2.33. The maximum absolute atomic E-state index is 13.0. The summed E-state index contributed by atoms with van der Waals surface area (Å²) in [7, 11) is 0. The Bertz CT molecular complexity index is 957. The summed E-state index contributed by atoms with van der Waals surface area (Å²) < 4.78 is 7.86. The molecule has 6 heteroatoms. The van der Waals surface area contributed by atoms with Crippen LogP contribution in [0, 0.1) is 0 Å². The summed E-state index contributed by atoms with van der Waals surface area (Å²) in [6.45, 7) is 3.95. The smallest absolute Gasteiger partial charge is 0.242 e. The first-order chi connectivity index (χ1) is 14.2. The second-order valence-corrected chi connectivity index (χ2v) is 8.47. The van der Waals surface area contributed by atoms with Crippen LogP contribution in [0.5, 0.6) is 5.75 Å². The molecule has 29 heavy (non-hydrogen) atoms. The minimum atomic E-state index is 0.183. The molecule has 152 valence electrons. The molecule has 5 nitrogen and oxygen atoms in total. The Labute approximate surface area is 176 Å². The van der Waals surface area contributed by atoms with Crippen LogP contribution in [0.1, 0.15) is 26.2 Å². The van der Waals surface area contributed by atoms with E-state index in [4.69, 9.17) is 9.72 Å². The first-order valence-corrected chi connectivity index (χ1v) is 11.3. The van der Waals surface area contributed by atoms with Gasteiger partial charge in [0.25, 0.3) is 0 Å². The highest BCUT2D eigenvalue weighted by Crippen LogP contribution is 2.25. The molecule has 0 aliphatic carbocycles. The Morgan fingerprint density at radius 3 is 2.76 bits per heavy atom. The summed E-state index contributed by atoms with van der Waals surface area (Å²) >= 11 is 1.64. The number of imidazole rings is 1. The fraction of sp³-hybridized carbons (Fsp3) is 0.391. The zero-order valence-electron chi connectivity index (χ0n) is 16.8. The van der Waals surface area contributed by atoms with Gasteiger partial charge >= 0.3 is 0 Å². The number of piperidine rings is 1. The normalized spacial score (nSPS) is 16.9. The van der Waals surface area contributed by atoms with E-state index in [2.05, 4.69) is 11.5 Å². The predicted octanol–water partition coefficient (Wildman–Crippen LogP) is 4.61. The van der Waals surface area contributed by atoms with Crippen LogP contribution in [-0.2, 0) is 11.3 Å². The molecule has 0 spiro atoms. The first-order valence-electron chi connectivity index (χ1n) is 10.3. The SMILES string of the molecule is CC1CCCCN1C(=O)Cn1c(SCCOc2ccccc2)nc2ccccc21. The van der Waals surface area contributed by atoms with Crippen molar-refractivity contribution in [3.8, 4) is 5.75 Å². The van der Waals surface area contributed by atoms with Crippen LogP contribution < -0.4 is 4.74 Å². The molecule has 0 radical (unpaired) electrons. The van der Waals surface area contributed by atoms with Crippen molar-refractivity contribution < 1.29 is 9.53 Å². The second kappa shape index (κ2) is 9.35. The van der Waals surface area contributed by atoms with Crippen LogP contribution in [-0.4, -0.2) is 45.3 Å². The number of nitrogens with zero attached hydrogens (tertiary/aromatic N) is 3. The molecule has 1 fully saturated rings.